The van der Waals surface area contributed by atoms with Gasteiger partial charge in [-0.2, -0.15) is 9.50 Å². The fraction of sp³-hybridized carbons (Fsp3) is 0.320. The van der Waals surface area contributed by atoms with Crippen molar-refractivity contribution in [1.82, 2.24) is 19.6 Å². The largest absolute Gasteiger partial charge is 0.497 e. The topological polar surface area (TPSA) is 84.3 Å². The number of ether oxygens (including phenoxy) is 1. The van der Waals surface area contributed by atoms with Gasteiger partial charge in [-0.05, 0) is 78.5 Å². The number of fused-ring (bicyclic) bond motifs is 3. The predicted molar refractivity (Wildman–Crippen MR) is 123 cm³/mol. The Labute approximate surface area is 185 Å². The van der Waals surface area contributed by atoms with Crippen LogP contribution in [0.2, 0.25) is 0 Å². The predicted octanol–water partition coefficient (Wildman–Crippen LogP) is 3.74. The summed E-state index contributed by atoms with van der Waals surface area (Å²) in [4.78, 5) is 22.0. The Morgan fingerprint density at radius 1 is 1.00 bits per heavy atom. The third-order valence-corrected chi connectivity index (χ3v) is 6.64. The summed E-state index contributed by atoms with van der Waals surface area (Å²) < 4.78 is 6.62. The lowest BCUT2D eigenvalue weighted by Crippen LogP contribution is -2.16. The molecule has 0 spiro atoms. The summed E-state index contributed by atoms with van der Waals surface area (Å²) in [5.41, 5.74) is 8.52. The zero-order valence-corrected chi connectivity index (χ0v) is 18.1. The van der Waals surface area contributed by atoms with Crippen LogP contribution in [0.4, 0.5) is 11.6 Å². The number of benzene rings is 2. The number of nitrogens with zero attached hydrogens (tertiary/aromatic N) is 3. The fourth-order valence-corrected chi connectivity index (χ4v) is 5.11. The van der Waals surface area contributed by atoms with E-state index in [1.54, 1.807) is 13.2 Å². The lowest BCUT2D eigenvalue weighted by molar-refractivity contribution is 0.414. The molecular weight excluding hydrogens is 402 g/mol. The molecule has 0 fully saturated rings. The number of aromatic amines is 1. The molecule has 7 nitrogen and oxygen atoms in total. The molecule has 0 atom stereocenters. The van der Waals surface area contributed by atoms with E-state index in [2.05, 4.69) is 26.4 Å². The molecule has 2 aliphatic carbocycles. The molecule has 0 radical (unpaired) electrons. The van der Waals surface area contributed by atoms with Crippen molar-refractivity contribution < 1.29 is 4.74 Å². The summed E-state index contributed by atoms with van der Waals surface area (Å²) in [5.74, 6) is 1.75. The number of nitrogens with one attached hydrogen (secondary N) is 2. The number of methoxy groups -OCH3 is 1. The van der Waals surface area contributed by atoms with Crippen LogP contribution >= 0.6 is 0 Å². The molecule has 0 unspecified atom stereocenters. The molecular formula is C25H25N5O2. The summed E-state index contributed by atoms with van der Waals surface area (Å²) >= 11 is 0. The van der Waals surface area contributed by atoms with Crippen LogP contribution in [0.1, 0.15) is 46.4 Å². The molecule has 4 aromatic rings. The van der Waals surface area contributed by atoms with Gasteiger partial charge in [0.05, 0.1) is 12.8 Å². The van der Waals surface area contributed by atoms with Gasteiger partial charge in [0.1, 0.15) is 5.75 Å². The van der Waals surface area contributed by atoms with Crippen molar-refractivity contribution in [2.75, 3.05) is 12.4 Å². The van der Waals surface area contributed by atoms with E-state index >= 15 is 0 Å². The Morgan fingerprint density at radius 3 is 2.41 bits per heavy atom. The van der Waals surface area contributed by atoms with E-state index in [0.29, 0.717) is 23.8 Å². The van der Waals surface area contributed by atoms with Crippen molar-refractivity contribution in [2.24, 2.45) is 0 Å². The molecule has 0 bridgehead atoms. The molecule has 2 heterocycles. The van der Waals surface area contributed by atoms with E-state index in [9.17, 15) is 4.79 Å². The van der Waals surface area contributed by atoms with Crippen LogP contribution in [0.15, 0.2) is 41.2 Å². The van der Waals surface area contributed by atoms with Crippen LogP contribution in [0, 0.1) is 0 Å². The second kappa shape index (κ2) is 7.51. The average Bonchev–Trinajstić information content (AvgIpc) is 3.53. The summed E-state index contributed by atoms with van der Waals surface area (Å²) in [6.45, 7) is 0. The quantitative estimate of drug-likeness (QED) is 0.507. The van der Waals surface area contributed by atoms with Crippen molar-refractivity contribution in [3.8, 4) is 5.75 Å². The Hall–Kier alpha value is -3.61. The van der Waals surface area contributed by atoms with Crippen LogP contribution in [-0.2, 0) is 32.1 Å². The zero-order chi connectivity index (χ0) is 21.7. The van der Waals surface area contributed by atoms with Gasteiger partial charge in [-0.3, -0.25) is 9.89 Å². The molecule has 7 heteroatoms. The molecule has 32 heavy (non-hydrogen) atoms. The first kappa shape index (κ1) is 19.1. The van der Waals surface area contributed by atoms with Crippen molar-refractivity contribution in [1.29, 1.82) is 0 Å². The van der Waals surface area contributed by atoms with Gasteiger partial charge >= 0.3 is 0 Å². The van der Waals surface area contributed by atoms with Gasteiger partial charge in [0.15, 0.2) is 0 Å². The van der Waals surface area contributed by atoms with E-state index in [-0.39, 0.29) is 5.56 Å². The Balaban J connectivity index is 1.33. The van der Waals surface area contributed by atoms with Crippen molar-refractivity contribution in [3.05, 3.63) is 80.3 Å². The summed E-state index contributed by atoms with van der Waals surface area (Å²) in [5, 5.41) is 6.63. The summed E-state index contributed by atoms with van der Waals surface area (Å²) in [7, 11) is 1.65. The third kappa shape index (κ3) is 3.25. The zero-order valence-electron chi connectivity index (χ0n) is 18.1. The molecule has 0 amide bonds. The Morgan fingerprint density at radius 2 is 1.72 bits per heavy atom. The van der Waals surface area contributed by atoms with E-state index in [0.717, 1.165) is 37.0 Å². The van der Waals surface area contributed by atoms with Crippen molar-refractivity contribution >= 4 is 17.4 Å². The highest BCUT2D eigenvalue weighted by molar-refractivity contribution is 5.70. The number of H-pyrrole nitrogens is 1. The second-order valence-corrected chi connectivity index (χ2v) is 8.68. The molecule has 2 aromatic heterocycles. The van der Waals surface area contributed by atoms with Gasteiger partial charge in [0, 0.05) is 18.2 Å². The van der Waals surface area contributed by atoms with Gasteiger partial charge in [0.2, 0.25) is 5.95 Å². The highest BCUT2D eigenvalue weighted by Gasteiger charge is 2.24. The van der Waals surface area contributed by atoms with Gasteiger partial charge in [-0.15, -0.1) is 0 Å². The molecule has 6 rings (SSSR count). The normalized spacial score (nSPS) is 14.5. The first-order valence-electron chi connectivity index (χ1n) is 11.2. The Bertz CT molecular complexity index is 1350. The van der Waals surface area contributed by atoms with E-state index < -0.39 is 0 Å². The number of rotatable bonds is 5. The van der Waals surface area contributed by atoms with E-state index in [4.69, 9.17) is 4.74 Å². The van der Waals surface area contributed by atoms with Crippen LogP contribution in [0.5, 0.6) is 5.75 Å². The lowest BCUT2D eigenvalue weighted by Gasteiger charge is -2.15. The number of anilines is 2. The third-order valence-electron chi connectivity index (χ3n) is 6.64. The summed E-state index contributed by atoms with van der Waals surface area (Å²) in [6, 6.07) is 11.8. The van der Waals surface area contributed by atoms with Crippen LogP contribution in [0.3, 0.4) is 0 Å². The number of aryl methyl sites for hydroxylation is 2. The molecule has 0 saturated heterocycles. The number of hydrogen-bond acceptors (Lipinski definition) is 5. The van der Waals surface area contributed by atoms with Crippen LogP contribution in [-0.4, -0.2) is 26.7 Å². The molecule has 2 N–H and O–H groups in total. The van der Waals surface area contributed by atoms with Gasteiger partial charge in [0.25, 0.3) is 11.3 Å². The summed E-state index contributed by atoms with van der Waals surface area (Å²) in [6.07, 6.45) is 7.43. The smallest absolute Gasteiger partial charge is 0.274 e. The monoisotopic (exact) mass is 427 g/mol. The van der Waals surface area contributed by atoms with Crippen LogP contribution in [0.25, 0.3) is 5.78 Å². The first-order valence-corrected chi connectivity index (χ1v) is 11.2. The van der Waals surface area contributed by atoms with Crippen LogP contribution < -0.4 is 15.6 Å². The van der Waals surface area contributed by atoms with Crippen molar-refractivity contribution in [2.45, 2.75) is 44.9 Å². The molecule has 162 valence electrons. The fourth-order valence-electron chi connectivity index (χ4n) is 5.11. The highest BCUT2D eigenvalue weighted by Crippen LogP contribution is 2.39. The molecule has 2 aromatic carbocycles. The van der Waals surface area contributed by atoms with E-state index in [1.807, 2.05) is 24.3 Å². The average molecular weight is 428 g/mol. The lowest BCUT2D eigenvalue weighted by atomic mass is 9.99. The van der Waals surface area contributed by atoms with Crippen molar-refractivity contribution in [3.63, 3.8) is 0 Å². The minimum Gasteiger partial charge on any atom is -0.497 e. The second-order valence-electron chi connectivity index (χ2n) is 8.68. The maximum atomic E-state index is 12.7. The molecule has 0 aliphatic heterocycles. The molecule has 0 saturated carbocycles. The maximum absolute atomic E-state index is 12.7. The maximum Gasteiger partial charge on any atom is 0.274 e. The van der Waals surface area contributed by atoms with Gasteiger partial charge in [-0.25, -0.2) is 4.98 Å². The number of hydrogen-bond donors (Lipinski definition) is 2. The van der Waals surface area contributed by atoms with Gasteiger partial charge < -0.3 is 10.1 Å². The minimum absolute atomic E-state index is 0.164. The van der Waals surface area contributed by atoms with E-state index in [1.165, 1.54) is 45.3 Å². The SMILES string of the molecule is COc1ccc(Cc2cc(=O)n3[nH]c(Nc4c5c(cc6c4CCC6)CCC5)nc3n2)cc1. The first-order chi connectivity index (χ1) is 15.7. The minimum atomic E-state index is -0.164. The molecule has 2 aliphatic rings. The standard InChI is InChI=1S/C25H25N5O2/c1-32-19-10-8-15(9-11-19)12-18-14-22(31)30-25(26-18)28-24(29-30)27-23-20-6-2-4-16(20)13-17-5-3-7-21(17)23/h8-11,13-14H,2-7,12H2,1H3,(H2,26,27,28,29). The highest BCUT2D eigenvalue weighted by atomic mass is 16.5. The Kier molecular flexibility index (Phi) is 4.48. The van der Waals surface area contributed by atoms with Gasteiger partial charge in [-0.1, -0.05) is 18.2 Å². The number of aromatic nitrogens is 4.